The lowest BCUT2D eigenvalue weighted by Crippen LogP contribution is -2.27. The quantitative estimate of drug-likeness (QED) is 0.742. The van der Waals surface area contributed by atoms with E-state index in [1.165, 1.54) is 23.2 Å². The monoisotopic (exact) mass is 230 g/mol. The lowest BCUT2D eigenvalue weighted by molar-refractivity contribution is 0.0988. The highest BCUT2D eigenvalue weighted by Crippen LogP contribution is 2.15. The van der Waals surface area contributed by atoms with Gasteiger partial charge in [-0.05, 0) is 24.3 Å². The summed E-state index contributed by atoms with van der Waals surface area (Å²) in [6.45, 7) is 0. The summed E-state index contributed by atoms with van der Waals surface area (Å²) in [5.74, 6) is -1.16. The van der Waals surface area contributed by atoms with Crippen molar-refractivity contribution in [3.63, 3.8) is 0 Å². The number of nitrogens with zero attached hydrogens (tertiary/aromatic N) is 2. The minimum Gasteiger partial charge on any atom is -0.311 e. The maximum atomic E-state index is 13.4. The molecule has 0 unspecified atom stereocenters. The van der Waals surface area contributed by atoms with Crippen LogP contribution in [0.2, 0.25) is 0 Å². The molecule has 0 saturated carbocycles. The number of aromatic nitrogens is 1. The number of carbonyl (C=O) groups excluding carboxylic acids is 1. The van der Waals surface area contributed by atoms with Crippen LogP contribution < -0.4 is 4.90 Å². The Balaban J connectivity index is 2.30. The first-order chi connectivity index (χ1) is 8.20. The zero-order valence-corrected chi connectivity index (χ0v) is 9.30. The fourth-order valence-electron chi connectivity index (χ4n) is 1.50. The van der Waals surface area contributed by atoms with Crippen LogP contribution in [0.3, 0.4) is 0 Å². The lowest BCUT2D eigenvalue weighted by atomic mass is 10.2. The van der Waals surface area contributed by atoms with E-state index in [4.69, 9.17) is 0 Å². The number of hydrogen-bond donors (Lipinski definition) is 0. The molecule has 17 heavy (non-hydrogen) atoms. The number of halogens is 1. The number of benzene rings is 1. The Kier molecular flexibility index (Phi) is 3.14. The summed E-state index contributed by atoms with van der Waals surface area (Å²) in [6, 6.07) is 12.0. The zero-order chi connectivity index (χ0) is 12.3. The number of hydrogen-bond acceptors (Lipinski definition) is 2. The Labute approximate surface area is 98.5 Å². The largest absolute Gasteiger partial charge is 0.311 e. The molecule has 0 spiro atoms. The molecule has 0 atom stereocenters. The van der Waals surface area contributed by atoms with E-state index in [-0.39, 0.29) is 5.56 Å². The van der Waals surface area contributed by atoms with E-state index < -0.39 is 11.9 Å². The number of para-hydroxylation sites is 1. The minimum atomic E-state index is -0.750. The van der Waals surface area contributed by atoms with E-state index in [0.717, 1.165) is 0 Å². The van der Waals surface area contributed by atoms with E-state index in [2.05, 4.69) is 4.98 Å². The summed E-state index contributed by atoms with van der Waals surface area (Å²) in [5.41, 5.74) is 0.680. The maximum absolute atomic E-state index is 13.4. The third kappa shape index (κ3) is 2.30. The van der Waals surface area contributed by atoms with Crippen molar-refractivity contribution in [2.24, 2.45) is 0 Å². The van der Waals surface area contributed by atoms with Crippen LogP contribution in [0.5, 0.6) is 0 Å². The second-order valence-electron chi connectivity index (χ2n) is 3.54. The number of anilines is 1. The molecule has 0 bridgehead atoms. The standard InChI is InChI=1S/C13H11FN2O/c1-16(10-6-3-2-4-7-10)13(17)11-8-5-9-15-12(11)14/h2-9H,1H3. The third-order valence-corrected chi connectivity index (χ3v) is 2.44. The Morgan fingerprint density at radius 2 is 1.88 bits per heavy atom. The van der Waals surface area contributed by atoms with Crippen LogP contribution in [0.4, 0.5) is 10.1 Å². The van der Waals surface area contributed by atoms with Crippen molar-refractivity contribution < 1.29 is 9.18 Å². The molecule has 1 aromatic carbocycles. The van der Waals surface area contributed by atoms with Crippen molar-refractivity contribution in [3.05, 3.63) is 60.2 Å². The van der Waals surface area contributed by atoms with Gasteiger partial charge in [-0.1, -0.05) is 18.2 Å². The highest BCUT2D eigenvalue weighted by molar-refractivity contribution is 6.05. The molecular formula is C13H11FN2O. The number of pyridine rings is 1. The molecule has 0 aliphatic carbocycles. The van der Waals surface area contributed by atoms with Gasteiger partial charge in [0.1, 0.15) is 0 Å². The molecular weight excluding hydrogens is 219 g/mol. The lowest BCUT2D eigenvalue weighted by Gasteiger charge is -2.17. The van der Waals surface area contributed by atoms with Crippen molar-refractivity contribution in [2.45, 2.75) is 0 Å². The number of carbonyl (C=O) groups is 1. The average molecular weight is 230 g/mol. The third-order valence-electron chi connectivity index (χ3n) is 2.44. The van der Waals surface area contributed by atoms with Crippen molar-refractivity contribution in [1.29, 1.82) is 0 Å². The summed E-state index contributed by atoms with van der Waals surface area (Å²) in [4.78, 5) is 16.9. The molecule has 4 heteroatoms. The van der Waals surface area contributed by atoms with Gasteiger partial charge in [-0.25, -0.2) is 4.98 Å². The first-order valence-corrected chi connectivity index (χ1v) is 5.14. The van der Waals surface area contributed by atoms with E-state index in [1.54, 1.807) is 19.2 Å². The molecule has 86 valence electrons. The van der Waals surface area contributed by atoms with Gasteiger partial charge in [0.05, 0.1) is 5.56 Å². The molecule has 0 N–H and O–H groups in total. The molecule has 1 amide bonds. The van der Waals surface area contributed by atoms with E-state index in [1.807, 2.05) is 18.2 Å². The predicted octanol–water partition coefficient (Wildman–Crippen LogP) is 2.50. The Bertz CT molecular complexity index is 528. The Morgan fingerprint density at radius 1 is 1.18 bits per heavy atom. The summed E-state index contributed by atoms with van der Waals surface area (Å²) in [5, 5.41) is 0. The van der Waals surface area contributed by atoms with Crippen molar-refractivity contribution in [1.82, 2.24) is 4.98 Å². The SMILES string of the molecule is CN(C(=O)c1cccnc1F)c1ccccc1. The van der Waals surface area contributed by atoms with Crippen LogP contribution in [0.15, 0.2) is 48.7 Å². The van der Waals surface area contributed by atoms with Gasteiger partial charge in [0.15, 0.2) is 0 Å². The summed E-state index contributed by atoms with van der Waals surface area (Å²) in [6.07, 6.45) is 1.31. The molecule has 3 nitrogen and oxygen atoms in total. The molecule has 1 aromatic heterocycles. The first-order valence-electron chi connectivity index (χ1n) is 5.14. The molecule has 0 fully saturated rings. The van der Waals surface area contributed by atoms with Crippen LogP contribution in [-0.2, 0) is 0 Å². The Morgan fingerprint density at radius 3 is 2.53 bits per heavy atom. The summed E-state index contributed by atoms with van der Waals surface area (Å²) in [7, 11) is 1.60. The van der Waals surface area contributed by atoms with E-state index in [9.17, 15) is 9.18 Å². The highest BCUT2D eigenvalue weighted by atomic mass is 19.1. The molecule has 2 rings (SSSR count). The van der Waals surface area contributed by atoms with Crippen LogP contribution >= 0.6 is 0 Å². The van der Waals surface area contributed by atoms with E-state index >= 15 is 0 Å². The van der Waals surface area contributed by atoms with Gasteiger partial charge in [-0.3, -0.25) is 4.79 Å². The Hall–Kier alpha value is -2.23. The smallest absolute Gasteiger partial charge is 0.262 e. The molecule has 1 heterocycles. The minimum absolute atomic E-state index is 0.0288. The zero-order valence-electron chi connectivity index (χ0n) is 9.30. The molecule has 0 aliphatic heterocycles. The van der Waals surface area contributed by atoms with Crippen LogP contribution in [-0.4, -0.2) is 17.9 Å². The fraction of sp³-hybridized carbons (Fsp3) is 0.0769. The summed E-state index contributed by atoms with van der Waals surface area (Å²) >= 11 is 0. The van der Waals surface area contributed by atoms with Gasteiger partial charge in [0.25, 0.3) is 5.91 Å². The number of amides is 1. The van der Waals surface area contributed by atoms with Crippen LogP contribution in [0.25, 0.3) is 0 Å². The van der Waals surface area contributed by atoms with Crippen molar-refractivity contribution >= 4 is 11.6 Å². The predicted molar refractivity (Wildman–Crippen MR) is 63.4 cm³/mol. The second kappa shape index (κ2) is 4.74. The molecule has 0 saturated heterocycles. The fourth-order valence-corrected chi connectivity index (χ4v) is 1.50. The second-order valence-corrected chi connectivity index (χ2v) is 3.54. The first kappa shape index (κ1) is 11.3. The maximum Gasteiger partial charge on any atom is 0.262 e. The van der Waals surface area contributed by atoms with Crippen molar-refractivity contribution in [3.8, 4) is 0 Å². The summed E-state index contributed by atoms with van der Waals surface area (Å²) < 4.78 is 13.4. The van der Waals surface area contributed by atoms with Gasteiger partial charge in [-0.15, -0.1) is 0 Å². The molecule has 0 aliphatic rings. The number of rotatable bonds is 2. The van der Waals surface area contributed by atoms with Gasteiger partial charge in [0, 0.05) is 18.9 Å². The highest BCUT2D eigenvalue weighted by Gasteiger charge is 2.17. The van der Waals surface area contributed by atoms with Crippen molar-refractivity contribution in [2.75, 3.05) is 11.9 Å². The average Bonchev–Trinajstić information content (AvgIpc) is 2.39. The van der Waals surface area contributed by atoms with Crippen LogP contribution in [0.1, 0.15) is 10.4 Å². The normalized spacial score (nSPS) is 10.0. The van der Waals surface area contributed by atoms with E-state index in [0.29, 0.717) is 5.69 Å². The molecule has 2 aromatic rings. The van der Waals surface area contributed by atoms with Gasteiger partial charge in [0.2, 0.25) is 5.95 Å². The van der Waals surface area contributed by atoms with Crippen LogP contribution in [0, 0.1) is 5.95 Å². The molecule has 0 radical (unpaired) electrons. The van der Waals surface area contributed by atoms with Gasteiger partial charge < -0.3 is 4.90 Å². The topological polar surface area (TPSA) is 33.2 Å². The van der Waals surface area contributed by atoms with Gasteiger partial charge >= 0.3 is 0 Å². The van der Waals surface area contributed by atoms with Gasteiger partial charge in [-0.2, -0.15) is 4.39 Å².